The quantitative estimate of drug-likeness (QED) is 0.681. The molecule has 1 fully saturated rings. The molecular weight excluding hydrogens is 396 g/mol. The summed E-state index contributed by atoms with van der Waals surface area (Å²) in [6, 6.07) is 9.73. The van der Waals surface area contributed by atoms with E-state index in [9.17, 15) is 9.59 Å². The minimum absolute atomic E-state index is 0.0675. The summed E-state index contributed by atoms with van der Waals surface area (Å²) in [6.07, 6.45) is 2.62. The maximum Gasteiger partial charge on any atom is 0.254 e. The molecule has 30 heavy (non-hydrogen) atoms. The summed E-state index contributed by atoms with van der Waals surface area (Å²) in [5, 5.41) is 0.976. The molecule has 0 bridgehead atoms. The van der Waals surface area contributed by atoms with E-state index in [0.717, 1.165) is 39.7 Å². The third-order valence-corrected chi connectivity index (χ3v) is 6.74. The van der Waals surface area contributed by atoms with E-state index in [1.165, 1.54) is 0 Å². The molecule has 1 N–H and O–H groups in total. The van der Waals surface area contributed by atoms with Crippen LogP contribution in [-0.4, -0.2) is 32.3 Å². The lowest BCUT2D eigenvalue weighted by Gasteiger charge is -2.24. The zero-order valence-corrected chi connectivity index (χ0v) is 18.4. The number of carbonyl (C=O) groups excluding carboxylic acids is 1. The highest BCUT2D eigenvalue weighted by Crippen LogP contribution is 2.31. The first kappa shape index (κ1) is 20.5. The molecule has 1 amide bonds. The Morgan fingerprint density at radius 1 is 1.17 bits per heavy atom. The van der Waals surface area contributed by atoms with Gasteiger partial charge < -0.3 is 9.88 Å². The van der Waals surface area contributed by atoms with Crippen LogP contribution in [-0.2, 0) is 17.6 Å². The summed E-state index contributed by atoms with van der Waals surface area (Å²) >= 11 is 1.57. The van der Waals surface area contributed by atoms with Crippen LogP contribution < -0.4 is 5.56 Å². The van der Waals surface area contributed by atoms with E-state index >= 15 is 0 Å². The highest BCUT2D eigenvalue weighted by atomic mass is 32.1. The van der Waals surface area contributed by atoms with Crippen molar-refractivity contribution in [2.45, 2.75) is 52.5 Å². The first-order valence-electron chi connectivity index (χ1n) is 10.3. The van der Waals surface area contributed by atoms with Crippen LogP contribution in [0.5, 0.6) is 0 Å². The number of H-pyrrole nitrogens is 1. The van der Waals surface area contributed by atoms with Crippen LogP contribution >= 0.6 is 11.3 Å². The number of nitrogens with one attached hydrogen (secondary N) is 1. The maximum absolute atomic E-state index is 13.0. The highest BCUT2D eigenvalue weighted by Gasteiger charge is 2.32. The maximum atomic E-state index is 13.0. The van der Waals surface area contributed by atoms with Gasteiger partial charge in [0, 0.05) is 29.1 Å². The second kappa shape index (κ2) is 8.52. The van der Waals surface area contributed by atoms with E-state index in [1.54, 1.807) is 11.3 Å². The van der Waals surface area contributed by atoms with Gasteiger partial charge in [-0.2, -0.15) is 0 Å². The Morgan fingerprint density at radius 3 is 2.60 bits per heavy atom. The van der Waals surface area contributed by atoms with Gasteiger partial charge in [0.2, 0.25) is 5.91 Å². The number of benzene rings is 1. The van der Waals surface area contributed by atoms with E-state index in [2.05, 4.69) is 9.97 Å². The lowest BCUT2D eigenvalue weighted by Crippen LogP contribution is -2.34. The SMILES string of the molecule is Cc1nc(C)c(CC(=O)N2CCCC2c2nc(C)c(Cc3ccccc3)c(=O)[nH]2)s1. The van der Waals surface area contributed by atoms with Crippen LogP contribution in [0.25, 0.3) is 0 Å². The molecular formula is C23H26N4O2S. The fourth-order valence-corrected chi connectivity index (χ4v) is 5.05. The van der Waals surface area contributed by atoms with Crippen molar-refractivity contribution >= 4 is 17.2 Å². The van der Waals surface area contributed by atoms with E-state index in [4.69, 9.17) is 4.98 Å². The Bertz CT molecular complexity index is 1120. The van der Waals surface area contributed by atoms with Gasteiger partial charge in [-0.15, -0.1) is 11.3 Å². The van der Waals surface area contributed by atoms with Gasteiger partial charge in [-0.05, 0) is 39.2 Å². The monoisotopic (exact) mass is 422 g/mol. The molecule has 1 aliphatic heterocycles. The summed E-state index contributed by atoms with van der Waals surface area (Å²) in [5.41, 5.74) is 3.29. The lowest BCUT2D eigenvalue weighted by molar-refractivity contribution is -0.131. The standard InChI is InChI=1S/C23H26N4O2S/c1-14-18(12-17-8-5-4-6-9-17)23(29)26-22(25-14)19-10-7-11-27(19)21(28)13-20-15(2)24-16(3)30-20/h4-6,8-9,19H,7,10-13H2,1-3H3,(H,25,26,29). The zero-order chi connectivity index (χ0) is 21.3. The van der Waals surface area contributed by atoms with Gasteiger partial charge in [-0.25, -0.2) is 9.97 Å². The van der Waals surface area contributed by atoms with E-state index in [0.29, 0.717) is 30.8 Å². The van der Waals surface area contributed by atoms with Crippen LogP contribution in [0, 0.1) is 20.8 Å². The van der Waals surface area contributed by atoms with Gasteiger partial charge in [-0.1, -0.05) is 30.3 Å². The number of hydrogen-bond donors (Lipinski definition) is 1. The smallest absolute Gasteiger partial charge is 0.254 e. The molecule has 0 radical (unpaired) electrons. The molecule has 156 valence electrons. The van der Waals surface area contributed by atoms with Crippen molar-refractivity contribution < 1.29 is 4.79 Å². The number of aromatic amines is 1. The molecule has 1 saturated heterocycles. The lowest BCUT2D eigenvalue weighted by atomic mass is 10.0. The summed E-state index contributed by atoms with van der Waals surface area (Å²) in [6.45, 7) is 6.47. The molecule has 1 aromatic carbocycles. The summed E-state index contributed by atoms with van der Waals surface area (Å²) < 4.78 is 0. The first-order valence-corrected chi connectivity index (χ1v) is 11.1. The number of aromatic nitrogens is 3. The zero-order valence-electron chi connectivity index (χ0n) is 17.6. The first-order chi connectivity index (χ1) is 14.4. The highest BCUT2D eigenvalue weighted by molar-refractivity contribution is 7.11. The Morgan fingerprint density at radius 2 is 1.93 bits per heavy atom. The van der Waals surface area contributed by atoms with E-state index in [1.807, 2.05) is 56.0 Å². The predicted molar refractivity (Wildman–Crippen MR) is 118 cm³/mol. The third-order valence-electron chi connectivity index (χ3n) is 5.66. The molecule has 3 aromatic rings. The van der Waals surface area contributed by atoms with E-state index in [-0.39, 0.29) is 17.5 Å². The van der Waals surface area contributed by atoms with Crippen molar-refractivity contribution in [2.75, 3.05) is 6.54 Å². The summed E-state index contributed by atoms with van der Waals surface area (Å²) in [4.78, 5) is 40.8. The molecule has 0 spiro atoms. The molecule has 2 aromatic heterocycles. The second-order valence-corrected chi connectivity index (χ2v) is 9.13. The largest absolute Gasteiger partial charge is 0.332 e. The van der Waals surface area contributed by atoms with Gasteiger partial charge in [-0.3, -0.25) is 9.59 Å². The number of rotatable bonds is 5. The van der Waals surface area contributed by atoms with Gasteiger partial charge >= 0.3 is 0 Å². The average molecular weight is 423 g/mol. The molecule has 1 unspecified atom stereocenters. The number of amides is 1. The number of thiazole rings is 1. The minimum Gasteiger partial charge on any atom is -0.332 e. The second-order valence-electron chi connectivity index (χ2n) is 7.84. The van der Waals surface area contributed by atoms with Crippen molar-refractivity contribution in [2.24, 2.45) is 0 Å². The van der Waals surface area contributed by atoms with Gasteiger partial charge in [0.25, 0.3) is 5.56 Å². The average Bonchev–Trinajstić information content (AvgIpc) is 3.32. The Hall–Kier alpha value is -2.80. The van der Waals surface area contributed by atoms with Crippen molar-refractivity contribution in [3.8, 4) is 0 Å². The van der Waals surface area contributed by atoms with Crippen LogP contribution in [0.1, 0.15) is 57.1 Å². The van der Waals surface area contributed by atoms with Crippen LogP contribution in [0.2, 0.25) is 0 Å². The molecule has 6 nitrogen and oxygen atoms in total. The number of nitrogens with zero attached hydrogens (tertiary/aromatic N) is 3. The molecule has 7 heteroatoms. The number of aryl methyl sites for hydroxylation is 3. The molecule has 4 rings (SSSR count). The van der Waals surface area contributed by atoms with Crippen molar-refractivity contribution in [1.82, 2.24) is 19.9 Å². The molecule has 1 aliphatic rings. The minimum atomic E-state index is -0.177. The van der Waals surface area contributed by atoms with Crippen molar-refractivity contribution in [3.63, 3.8) is 0 Å². The molecule has 1 atom stereocenters. The Balaban J connectivity index is 1.56. The number of likely N-dealkylation sites (tertiary alicyclic amines) is 1. The Labute approximate surface area is 180 Å². The van der Waals surface area contributed by atoms with Gasteiger partial charge in [0.05, 0.1) is 23.2 Å². The molecule has 3 heterocycles. The van der Waals surface area contributed by atoms with Gasteiger partial charge in [0.15, 0.2) is 0 Å². The van der Waals surface area contributed by atoms with Crippen molar-refractivity contribution in [1.29, 1.82) is 0 Å². The van der Waals surface area contributed by atoms with E-state index < -0.39 is 0 Å². The third kappa shape index (κ3) is 4.21. The van der Waals surface area contributed by atoms with Crippen LogP contribution in [0.15, 0.2) is 35.1 Å². The Kier molecular flexibility index (Phi) is 5.81. The summed E-state index contributed by atoms with van der Waals surface area (Å²) in [5.74, 6) is 0.662. The molecule has 0 aliphatic carbocycles. The molecule has 0 saturated carbocycles. The topological polar surface area (TPSA) is 79.0 Å². The van der Waals surface area contributed by atoms with Crippen molar-refractivity contribution in [3.05, 3.63) is 78.9 Å². The summed E-state index contributed by atoms with van der Waals surface area (Å²) in [7, 11) is 0. The fraction of sp³-hybridized carbons (Fsp3) is 0.391. The fourth-order valence-electron chi connectivity index (χ4n) is 4.12. The van der Waals surface area contributed by atoms with Crippen LogP contribution in [0.3, 0.4) is 0 Å². The normalized spacial score (nSPS) is 16.2. The van der Waals surface area contributed by atoms with Gasteiger partial charge in [0.1, 0.15) is 5.82 Å². The predicted octanol–water partition coefficient (Wildman–Crippen LogP) is 3.65. The van der Waals surface area contributed by atoms with Crippen LogP contribution in [0.4, 0.5) is 0 Å². The number of hydrogen-bond acceptors (Lipinski definition) is 5. The number of carbonyl (C=O) groups is 1.